The van der Waals surface area contributed by atoms with Crippen molar-refractivity contribution in [1.82, 2.24) is 0 Å². The van der Waals surface area contributed by atoms with Gasteiger partial charge in [0.2, 0.25) is 5.41 Å². The van der Waals surface area contributed by atoms with Crippen LogP contribution in [0, 0.1) is 5.41 Å². The third-order valence-corrected chi connectivity index (χ3v) is 4.48. The molecule has 1 aromatic rings. The van der Waals surface area contributed by atoms with Gasteiger partial charge < -0.3 is 19.1 Å². The monoisotopic (exact) mass is 331 g/mol. The third-order valence-electron chi connectivity index (χ3n) is 4.48. The Kier molecular flexibility index (Phi) is 4.32. The Labute approximate surface area is 141 Å². The van der Waals surface area contributed by atoms with E-state index < -0.39 is 23.5 Å². The van der Waals surface area contributed by atoms with E-state index in [1.165, 1.54) is 0 Å². The van der Waals surface area contributed by atoms with Crippen LogP contribution in [-0.4, -0.2) is 45.9 Å². The lowest BCUT2D eigenvalue weighted by molar-refractivity contribution is -0.174. The standard InChI is InChI=1S/C18H21NO5/c1-4-22-16(20)18-13(9-10-23-17(18)21)11-24-15(18)12-5-7-14(8-6-12)19(2)3/h5-9,15H,4,10-11H2,1-3H3. The Bertz CT molecular complexity index is 679. The molecule has 0 aromatic heterocycles. The molecular weight excluding hydrogens is 310 g/mol. The van der Waals surface area contributed by atoms with E-state index in [0.717, 1.165) is 11.3 Å². The number of anilines is 1. The molecule has 1 fully saturated rings. The lowest BCUT2D eigenvalue weighted by atomic mass is 9.73. The highest BCUT2D eigenvalue weighted by Gasteiger charge is 2.63. The SMILES string of the molecule is CCOC(=O)C12C(=O)OCC=C1COC2c1ccc(N(C)C)cc1. The van der Waals surface area contributed by atoms with Gasteiger partial charge in [0.15, 0.2) is 0 Å². The minimum atomic E-state index is -1.53. The maximum absolute atomic E-state index is 12.7. The van der Waals surface area contributed by atoms with Crippen LogP contribution in [0.25, 0.3) is 0 Å². The van der Waals surface area contributed by atoms with Crippen molar-refractivity contribution in [3.8, 4) is 0 Å². The summed E-state index contributed by atoms with van der Waals surface area (Å²) < 4.78 is 16.2. The Morgan fingerprint density at radius 1 is 1.33 bits per heavy atom. The van der Waals surface area contributed by atoms with Crippen LogP contribution < -0.4 is 4.90 Å². The maximum Gasteiger partial charge on any atom is 0.331 e. The van der Waals surface area contributed by atoms with Crippen LogP contribution in [0.1, 0.15) is 18.6 Å². The topological polar surface area (TPSA) is 65.1 Å². The number of esters is 2. The van der Waals surface area contributed by atoms with Crippen molar-refractivity contribution < 1.29 is 23.8 Å². The van der Waals surface area contributed by atoms with Crippen LogP contribution in [0.3, 0.4) is 0 Å². The van der Waals surface area contributed by atoms with Crippen LogP contribution >= 0.6 is 0 Å². The lowest BCUT2D eigenvalue weighted by Gasteiger charge is -2.32. The Balaban J connectivity index is 2.06. The zero-order chi connectivity index (χ0) is 17.3. The van der Waals surface area contributed by atoms with Gasteiger partial charge >= 0.3 is 11.9 Å². The van der Waals surface area contributed by atoms with E-state index in [-0.39, 0.29) is 19.8 Å². The summed E-state index contributed by atoms with van der Waals surface area (Å²) in [6.07, 6.45) is 0.999. The molecular formula is C18H21NO5. The number of benzene rings is 1. The van der Waals surface area contributed by atoms with E-state index in [1.54, 1.807) is 13.0 Å². The molecule has 2 atom stereocenters. The minimum absolute atomic E-state index is 0.158. The van der Waals surface area contributed by atoms with Gasteiger partial charge in [-0.25, -0.2) is 0 Å². The average molecular weight is 331 g/mol. The molecule has 0 aliphatic carbocycles. The zero-order valence-corrected chi connectivity index (χ0v) is 14.1. The largest absolute Gasteiger partial charge is 0.465 e. The third kappa shape index (κ3) is 2.38. The van der Waals surface area contributed by atoms with E-state index >= 15 is 0 Å². The van der Waals surface area contributed by atoms with Gasteiger partial charge in [-0.1, -0.05) is 12.1 Å². The van der Waals surface area contributed by atoms with Crippen molar-refractivity contribution in [1.29, 1.82) is 0 Å². The van der Waals surface area contributed by atoms with Crippen LogP contribution in [0.5, 0.6) is 0 Å². The molecule has 2 unspecified atom stereocenters. The normalized spacial score (nSPS) is 25.5. The van der Waals surface area contributed by atoms with E-state index in [0.29, 0.717) is 5.57 Å². The van der Waals surface area contributed by atoms with Crippen LogP contribution in [0.2, 0.25) is 0 Å². The number of hydrogen-bond acceptors (Lipinski definition) is 6. The van der Waals surface area contributed by atoms with Crippen LogP contribution in [-0.2, 0) is 23.8 Å². The second-order valence-electron chi connectivity index (χ2n) is 6.03. The average Bonchev–Trinajstić information content (AvgIpc) is 2.97. The number of hydrogen-bond donors (Lipinski definition) is 0. The smallest absolute Gasteiger partial charge is 0.331 e. The fourth-order valence-corrected chi connectivity index (χ4v) is 3.23. The predicted octanol–water partition coefficient (Wildman–Crippen LogP) is 1.86. The van der Waals surface area contributed by atoms with E-state index in [1.807, 2.05) is 43.3 Å². The summed E-state index contributed by atoms with van der Waals surface area (Å²) in [5.41, 5.74) is 0.854. The lowest BCUT2D eigenvalue weighted by Crippen LogP contribution is -2.47. The van der Waals surface area contributed by atoms with Crippen molar-refractivity contribution in [2.45, 2.75) is 13.0 Å². The van der Waals surface area contributed by atoms with E-state index in [2.05, 4.69) is 0 Å². The first-order chi connectivity index (χ1) is 11.5. The summed E-state index contributed by atoms with van der Waals surface area (Å²) in [6.45, 7) is 2.27. The zero-order valence-electron chi connectivity index (χ0n) is 14.1. The number of carbonyl (C=O) groups is 2. The molecule has 0 bridgehead atoms. The summed E-state index contributed by atoms with van der Waals surface area (Å²) in [6, 6.07) is 7.58. The second kappa shape index (κ2) is 6.28. The van der Waals surface area contributed by atoms with Gasteiger partial charge in [0.1, 0.15) is 12.7 Å². The number of rotatable bonds is 4. The molecule has 2 aliphatic heterocycles. The highest BCUT2D eigenvalue weighted by atomic mass is 16.6. The quantitative estimate of drug-likeness (QED) is 0.477. The Morgan fingerprint density at radius 2 is 2.04 bits per heavy atom. The Morgan fingerprint density at radius 3 is 2.67 bits per heavy atom. The molecule has 0 amide bonds. The highest BCUT2D eigenvalue weighted by Crippen LogP contribution is 2.52. The van der Waals surface area contributed by atoms with Gasteiger partial charge in [0.05, 0.1) is 13.2 Å². The molecule has 6 heteroatoms. The molecule has 0 radical (unpaired) electrons. The number of nitrogens with zero attached hydrogens (tertiary/aromatic N) is 1. The van der Waals surface area contributed by atoms with Gasteiger partial charge in [-0.3, -0.25) is 9.59 Å². The Hall–Kier alpha value is -2.34. The first kappa shape index (κ1) is 16.5. The number of fused-ring (bicyclic) bond motifs is 1. The molecule has 0 spiro atoms. The van der Waals surface area contributed by atoms with Crippen molar-refractivity contribution in [2.24, 2.45) is 5.41 Å². The molecule has 0 N–H and O–H groups in total. The fraction of sp³-hybridized carbons (Fsp3) is 0.444. The molecule has 1 aromatic carbocycles. The fourth-order valence-electron chi connectivity index (χ4n) is 3.23. The maximum atomic E-state index is 12.7. The summed E-state index contributed by atoms with van der Waals surface area (Å²) in [5.74, 6) is -1.21. The first-order valence-corrected chi connectivity index (χ1v) is 7.94. The minimum Gasteiger partial charge on any atom is -0.465 e. The van der Waals surface area contributed by atoms with Gasteiger partial charge in [-0.15, -0.1) is 0 Å². The molecule has 2 aliphatic rings. The van der Waals surface area contributed by atoms with Gasteiger partial charge in [-0.2, -0.15) is 0 Å². The van der Waals surface area contributed by atoms with Crippen LogP contribution in [0.15, 0.2) is 35.9 Å². The summed E-state index contributed by atoms with van der Waals surface area (Å²) in [5, 5.41) is 0. The van der Waals surface area contributed by atoms with Gasteiger partial charge in [-0.05, 0) is 36.3 Å². The molecule has 128 valence electrons. The van der Waals surface area contributed by atoms with Crippen molar-refractivity contribution >= 4 is 17.6 Å². The van der Waals surface area contributed by atoms with Crippen molar-refractivity contribution in [3.05, 3.63) is 41.5 Å². The van der Waals surface area contributed by atoms with Gasteiger partial charge in [0, 0.05) is 19.8 Å². The highest BCUT2D eigenvalue weighted by molar-refractivity contribution is 6.05. The molecule has 2 heterocycles. The van der Waals surface area contributed by atoms with Crippen molar-refractivity contribution in [3.63, 3.8) is 0 Å². The molecule has 3 rings (SSSR count). The van der Waals surface area contributed by atoms with E-state index in [4.69, 9.17) is 14.2 Å². The van der Waals surface area contributed by atoms with E-state index in [9.17, 15) is 9.59 Å². The number of ether oxygens (including phenoxy) is 3. The summed E-state index contributed by atoms with van der Waals surface area (Å²) in [4.78, 5) is 27.3. The number of cyclic esters (lactones) is 1. The predicted molar refractivity (Wildman–Crippen MR) is 87.6 cm³/mol. The first-order valence-electron chi connectivity index (χ1n) is 7.94. The summed E-state index contributed by atoms with van der Waals surface area (Å²) >= 11 is 0. The van der Waals surface area contributed by atoms with Crippen LogP contribution in [0.4, 0.5) is 5.69 Å². The molecule has 0 saturated carbocycles. The summed E-state index contributed by atoms with van der Waals surface area (Å²) in [7, 11) is 3.89. The molecule has 24 heavy (non-hydrogen) atoms. The van der Waals surface area contributed by atoms with Crippen molar-refractivity contribution in [2.75, 3.05) is 38.8 Å². The molecule has 1 saturated heterocycles. The second-order valence-corrected chi connectivity index (χ2v) is 6.03. The van der Waals surface area contributed by atoms with Gasteiger partial charge in [0.25, 0.3) is 0 Å². The molecule has 6 nitrogen and oxygen atoms in total. The number of carbonyl (C=O) groups excluding carboxylic acids is 2.